The first-order chi connectivity index (χ1) is 9.36. The number of nitrogens with one attached hydrogen (secondary N) is 1. The van der Waals surface area contributed by atoms with Crippen molar-refractivity contribution in [3.05, 3.63) is 29.8 Å². The fourth-order valence-corrected chi connectivity index (χ4v) is 3.43. The first kappa shape index (κ1) is 12.5. The molecular formula is C16H21N3. The minimum absolute atomic E-state index is 0.723. The van der Waals surface area contributed by atoms with E-state index in [4.69, 9.17) is 5.26 Å². The molecule has 100 valence electrons. The Labute approximate surface area is 115 Å². The first-order valence-corrected chi connectivity index (χ1v) is 7.35. The molecule has 1 N–H and O–H groups in total. The highest BCUT2D eigenvalue weighted by atomic mass is 15.1. The molecule has 2 atom stereocenters. The van der Waals surface area contributed by atoms with E-state index in [1.807, 2.05) is 12.1 Å². The van der Waals surface area contributed by atoms with Gasteiger partial charge in [-0.15, -0.1) is 0 Å². The van der Waals surface area contributed by atoms with Gasteiger partial charge in [-0.1, -0.05) is 0 Å². The van der Waals surface area contributed by atoms with Crippen LogP contribution in [0.3, 0.4) is 0 Å². The topological polar surface area (TPSA) is 39.1 Å². The summed E-state index contributed by atoms with van der Waals surface area (Å²) >= 11 is 0. The zero-order chi connectivity index (χ0) is 13.1. The van der Waals surface area contributed by atoms with Crippen molar-refractivity contribution in [2.45, 2.75) is 31.7 Å². The zero-order valence-corrected chi connectivity index (χ0v) is 11.3. The summed E-state index contributed by atoms with van der Waals surface area (Å²) < 4.78 is 0. The number of hydrogen-bond donors (Lipinski definition) is 1. The summed E-state index contributed by atoms with van der Waals surface area (Å²) in [4.78, 5) is 2.48. The highest BCUT2D eigenvalue weighted by Crippen LogP contribution is 2.28. The molecule has 3 rings (SSSR count). The summed E-state index contributed by atoms with van der Waals surface area (Å²) in [5, 5.41) is 12.5. The second-order valence-corrected chi connectivity index (χ2v) is 5.71. The lowest BCUT2D eigenvalue weighted by molar-refractivity contribution is 0.329. The Bertz CT molecular complexity index is 454. The molecule has 19 heavy (non-hydrogen) atoms. The molecule has 1 aromatic rings. The van der Waals surface area contributed by atoms with Crippen LogP contribution >= 0.6 is 0 Å². The summed E-state index contributed by atoms with van der Waals surface area (Å²) in [5.41, 5.74) is 2.01. The Balaban J connectivity index is 1.68. The monoisotopic (exact) mass is 255 g/mol. The van der Waals surface area contributed by atoms with Crippen molar-refractivity contribution in [1.29, 1.82) is 5.26 Å². The Kier molecular flexibility index (Phi) is 3.70. The SMILES string of the molecule is N#Cc1ccc(N2CCCC(C3CCCN3)C2)cc1. The van der Waals surface area contributed by atoms with E-state index in [1.54, 1.807) is 0 Å². The molecule has 0 aromatic heterocycles. The highest BCUT2D eigenvalue weighted by molar-refractivity contribution is 5.50. The fraction of sp³-hybridized carbons (Fsp3) is 0.562. The Morgan fingerprint density at radius 3 is 2.68 bits per heavy atom. The number of benzene rings is 1. The van der Waals surface area contributed by atoms with Crippen molar-refractivity contribution in [3.8, 4) is 6.07 Å². The Morgan fingerprint density at radius 1 is 1.16 bits per heavy atom. The standard InChI is InChI=1S/C16H21N3/c17-11-13-5-7-15(8-6-13)19-10-2-3-14(12-19)16-4-1-9-18-16/h5-8,14,16,18H,1-4,9-10,12H2. The van der Waals surface area contributed by atoms with Crippen molar-refractivity contribution < 1.29 is 0 Å². The molecule has 2 unspecified atom stereocenters. The molecule has 1 aromatic carbocycles. The van der Waals surface area contributed by atoms with Gasteiger partial charge < -0.3 is 10.2 Å². The molecule has 0 saturated carbocycles. The van der Waals surface area contributed by atoms with Crippen LogP contribution in [0.5, 0.6) is 0 Å². The Morgan fingerprint density at radius 2 is 2.00 bits per heavy atom. The van der Waals surface area contributed by atoms with Gasteiger partial charge in [0.25, 0.3) is 0 Å². The van der Waals surface area contributed by atoms with Crippen LogP contribution in [-0.2, 0) is 0 Å². The van der Waals surface area contributed by atoms with Gasteiger partial charge in [0.2, 0.25) is 0 Å². The van der Waals surface area contributed by atoms with E-state index in [0.29, 0.717) is 0 Å². The lowest BCUT2D eigenvalue weighted by Gasteiger charge is -2.37. The summed E-state index contributed by atoms with van der Waals surface area (Å²) in [6.07, 6.45) is 5.30. The average molecular weight is 255 g/mol. The van der Waals surface area contributed by atoms with Gasteiger partial charge in [-0.25, -0.2) is 0 Å². The fourth-order valence-electron chi connectivity index (χ4n) is 3.43. The van der Waals surface area contributed by atoms with Crippen LogP contribution in [0.25, 0.3) is 0 Å². The molecule has 2 aliphatic heterocycles. The second kappa shape index (κ2) is 5.63. The van der Waals surface area contributed by atoms with Gasteiger partial charge in [-0.2, -0.15) is 5.26 Å². The van der Waals surface area contributed by atoms with E-state index in [2.05, 4.69) is 28.4 Å². The van der Waals surface area contributed by atoms with E-state index >= 15 is 0 Å². The number of rotatable bonds is 2. The van der Waals surface area contributed by atoms with Gasteiger partial charge in [0, 0.05) is 24.8 Å². The third kappa shape index (κ3) is 2.74. The maximum Gasteiger partial charge on any atom is 0.0991 e. The molecule has 3 nitrogen and oxygen atoms in total. The summed E-state index contributed by atoms with van der Waals surface area (Å²) in [5.74, 6) is 0.784. The number of piperidine rings is 1. The molecular weight excluding hydrogens is 234 g/mol. The normalized spacial score (nSPS) is 27.2. The van der Waals surface area contributed by atoms with E-state index in [0.717, 1.165) is 30.6 Å². The van der Waals surface area contributed by atoms with Gasteiger partial charge in [0.05, 0.1) is 11.6 Å². The van der Waals surface area contributed by atoms with Crippen LogP contribution in [0.2, 0.25) is 0 Å². The van der Waals surface area contributed by atoms with Gasteiger partial charge in [0.1, 0.15) is 0 Å². The molecule has 3 heteroatoms. The van der Waals surface area contributed by atoms with Crippen LogP contribution in [0.4, 0.5) is 5.69 Å². The van der Waals surface area contributed by atoms with Crippen LogP contribution < -0.4 is 10.2 Å². The van der Waals surface area contributed by atoms with Crippen molar-refractivity contribution in [2.24, 2.45) is 5.92 Å². The predicted molar refractivity (Wildman–Crippen MR) is 77.1 cm³/mol. The van der Waals surface area contributed by atoms with Crippen LogP contribution in [0.1, 0.15) is 31.2 Å². The summed E-state index contributed by atoms with van der Waals surface area (Å²) in [7, 11) is 0. The average Bonchev–Trinajstić information content (AvgIpc) is 3.02. The van der Waals surface area contributed by atoms with E-state index in [9.17, 15) is 0 Å². The van der Waals surface area contributed by atoms with Crippen molar-refractivity contribution >= 4 is 5.69 Å². The molecule has 2 fully saturated rings. The van der Waals surface area contributed by atoms with Crippen LogP contribution in [-0.4, -0.2) is 25.7 Å². The molecule has 0 radical (unpaired) electrons. The molecule has 0 amide bonds. The van der Waals surface area contributed by atoms with Gasteiger partial charge in [-0.05, 0) is 62.4 Å². The molecule has 0 spiro atoms. The van der Waals surface area contributed by atoms with Crippen LogP contribution in [0.15, 0.2) is 24.3 Å². The number of nitriles is 1. The molecule has 2 saturated heterocycles. The predicted octanol–water partition coefficient (Wildman–Crippen LogP) is 2.53. The minimum Gasteiger partial charge on any atom is -0.371 e. The smallest absolute Gasteiger partial charge is 0.0991 e. The maximum atomic E-state index is 8.85. The minimum atomic E-state index is 0.723. The van der Waals surface area contributed by atoms with E-state index in [-0.39, 0.29) is 0 Å². The maximum absolute atomic E-state index is 8.85. The molecule has 2 heterocycles. The number of anilines is 1. The first-order valence-electron chi connectivity index (χ1n) is 7.35. The number of nitrogens with zero attached hydrogens (tertiary/aromatic N) is 2. The quantitative estimate of drug-likeness (QED) is 0.882. The second-order valence-electron chi connectivity index (χ2n) is 5.71. The summed E-state index contributed by atoms with van der Waals surface area (Å²) in [6, 6.07) is 10.9. The molecule has 0 bridgehead atoms. The van der Waals surface area contributed by atoms with Gasteiger partial charge >= 0.3 is 0 Å². The Hall–Kier alpha value is -1.53. The van der Waals surface area contributed by atoms with Crippen molar-refractivity contribution in [3.63, 3.8) is 0 Å². The van der Waals surface area contributed by atoms with E-state index in [1.165, 1.54) is 37.9 Å². The van der Waals surface area contributed by atoms with Gasteiger partial charge in [0.15, 0.2) is 0 Å². The van der Waals surface area contributed by atoms with E-state index < -0.39 is 0 Å². The third-order valence-corrected chi connectivity index (χ3v) is 4.49. The van der Waals surface area contributed by atoms with Crippen molar-refractivity contribution in [2.75, 3.05) is 24.5 Å². The lowest BCUT2D eigenvalue weighted by Crippen LogP contribution is -2.43. The van der Waals surface area contributed by atoms with Crippen molar-refractivity contribution in [1.82, 2.24) is 5.32 Å². The summed E-state index contributed by atoms with van der Waals surface area (Å²) in [6.45, 7) is 3.50. The van der Waals surface area contributed by atoms with Crippen LogP contribution in [0, 0.1) is 17.2 Å². The molecule has 2 aliphatic rings. The molecule has 0 aliphatic carbocycles. The zero-order valence-electron chi connectivity index (χ0n) is 11.3. The van der Waals surface area contributed by atoms with Gasteiger partial charge in [-0.3, -0.25) is 0 Å². The third-order valence-electron chi connectivity index (χ3n) is 4.49. The number of hydrogen-bond acceptors (Lipinski definition) is 3. The lowest BCUT2D eigenvalue weighted by atomic mass is 9.89. The largest absolute Gasteiger partial charge is 0.371 e. The highest BCUT2D eigenvalue weighted by Gasteiger charge is 2.28.